The highest BCUT2D eigenvalue weighted by molar-refractivity contribution is 7.77. The van der Waals surface area contributed by atoms with Crippen molar-refractivity contribution in [1.82, 2.24) is 24.2 Å². The third kappa shape index (κ3) is 6.66. The van der Waals surface area contributed by atoms with Crippen LogP contribution in [-0.2, 0) is 11.3 Å². The summed E-state index contributed by atoms with van der Waals surface area (Å²) in [6.45, 7) is 3.70. The molecule has 1 atom stereocenters. The number of amides is 3. The Morgan fingerprint density at radius 1 is 0.946 bits per heavy atom. The molecule has 2 fully saturated rings. The summed E-state index contributed by atoms with van der Waals surface area (Å²) in [6, 6.07) is 10.9. The largest absolute Gasteiger partial charge is 0.351 e. The van der Waals surface area contributed by atoms with E-state index in [9.17, 15) is 23.1 Å². The number of ketones is 1. The first kappa shape index (κ1) is 26.6. The van der Waals surface area contributed by atoms with Gasteiger partial charge in [-0.2, -0.15) is 0 Å². The smallest absolute Gasteiger partial charge is 0.328 e. The highest BCUT2D eigenvalue weighted by Gasteiger charge is 2.33. The van der Waals surface area contributed by atoms with Crippen LogP contribution >= 0.6 is 0 Å². The summed E-state index contributed by atoms with van der Waals surface area (Å²) in [5, 5.41) is 4.34. The van der Waals surface area contributed by atoms with Gasteiger partial charge in [0.05, 0.1) is 11.7 Å². The van der Waals surface area contributed by atoms with E-state index in [4.69, 9.17) is 5.73 Å². The Kier molecular flexibility index (Phi) is 8.77. The number of pyridine rings is 1. The average molecular weight is 527 g/mol. The first-order valence-corrected chi connectivity index (χ1v) is 13.1. The van der Waals surface area contributed by atoms with Gasteiger partial charge in [0.25, 0.3) is 17.2 Å². The third-order valence-electron chi connectivity index (χ3n) is 6.61. The molecule has 12 heteroatoms. The van der Waals surface area contributed by atoms with E-state index < -0.39 is 17.3 Å². The fourth-order valence-electron chi connectivity index (χ4n) is 4.63. The SMILES string of the molecule is NC(=O)N(C1CCN(N2CCN(C(=O)c3ccc(C(=O)C=Cc4ccccn4)cc3)CC2)CC1)S(=O)O. The molecule has 1 unspecified atom stereocenters. The number of hydrogen-bond donors (Lipinski definition) is 2. The van der Waals surface area contributed by atoms with E-state index in [0.29, 0.717) is 68.9 Å². The van der Waals surface area contributed by atoms with E-state index in [-0.39, 0.29) is 17.7 Å². The first-order valence-electron chi connectivity index (χ1n) is 12.1. The van der Waals surface area contributed by atoms with Crippen LogP contribution in [0, 0.1) is 0 Å². The molecule has 1 aromatic carbocycles. The maximum Gasteiger partial charge on any atom is 0.328 e. The van der Waals surface area contributed by atoms with Crippen molar-refractivity contribution in [1.29, 1.82) is 0 Å². The number of nitrogens with zero attached hydrogens (tertiary/aromatic N) is 5. The Hall–Kier alpha value is -3.45. The van der Waals surface area contributed by atoms with Gasteiger partial charge in [0, 0.05) is 56.6 Å². The van der Waals surface area contributed by atoms with Crippen LogP contribution in [0.3, 0.4) is 0 Å². The number of piperidine rings is 1. The summed E-state index contributed by atoms with van der Waals surface area (Å²) >= 11 is -2.43. The number of hydrazine groups is 1. The van der Waals surface area contributed by atoms with Crippen molar-refractivity contribution in [2.75, 3.05) is 39.3 Å². The normalized spacial score (nSPS) is 18.6. The summed E-state index contributed by atoms with van der Waals surface area (Å²) in [7, 11) is 0. The number of piperazine rings is 1. The van der Waals surface area contributed by atoms with Crippen molar-refractivity contribution in [3.8, 4) is 0 Å². The maximum absolute atomic E-state index is 13.0. The molecule has 37 heavy (non-hydrogen) atoms. The van der Waals surface area contributed by atoms with Crippen LogP contribution in [0.25, 0.3) is 6.08 Å². The van der Waals surface area contributed by atoms with Crippen molar-refractivity contribution in [2.24, 2.45) is 5.73 Å². The number of primary amides is 1. The topological polar surface area (TPSA) is 140 Å². The van der Waals surface area contributed by atoms with E-state index in [1.807, 2.05) is 18.2 Å². The summed E-state index contributed by atoms with van der Waals surface area (Å²) in [6.07, 6.45) is 5.86. The fraction of sp³-hybridized carbons (Fsp3) is 0.360. The van der Waals surface area contributed by atoms with Gasteiger partial charge < -0.3 is 10.6 Å². The quantitative estimate of drug-likeness (QED) is 0.315. The Morgan fingerprint density at radius 3 is 2.14 bits per heavy atom. The third-order valence-corrected chi connectivity index (χ3v) is 7.43. The molecule has 0 saturated carbocycles. The zero-order chi connectivity index (χ0) is 26.4. The van der Waals surface area contributed by atoms with E-state index >= 15 is 0 Å². The first-order chi connectivity index (χ1) is 17.8. The molecule has 3 amide bonds. The Balaban J connectivity index is 1.26. The molecule has 0 spiro atoms. The van der Waals surface area contributed by atoms with Crippen molar-refractivity contribution >= 4 is 35.1 Å². The van der Waals surface area contributed by atoms with Gasteiger partial charge in [0.15, 0.2) is 5.78 Å². The van der Waals surface area contributed by atoms with Gasteiger partial charge in [-0.3, -0.25) is 19.1 Å². The number of nitrogens with two attached hydrogens (primary N) is 1. The Labute approximate surface area is 217 Å². The van der Waals surface area contributed by atoms with E-state index in [2.05, 4.69) is 15.0 Å². The molecule has 3 heterocycles. The molecule has 11 nitrogen and oxygen atoms in total. The summed E-state index contributed by atoms with van der Waals surface area (Å²) in [4.78, 5) is 42.9. The van der Waals surface area contributed by atoms with Gasteiger partial charge >= 0.3 is 6.03 Å². The monoisotopic (exact) mass is 526 g/mol. The molecular weight excluding hydrogens is 496 g/mol. The molecular formula is C25H30N6O5S. The zero-order valence-corrected chi connectivity index (χ0v) is 21.1. The number of urea groups is 1. The number of carbonyl (C=O) groups excluding carboxylic acids is 3. The van der Waals surface area contributed by atoms with Crippen LogP contribution in [0.1, 0.15) is 39.3 Å². The Bertz CT molecular complexity index is 1150. The predicted octanol–water partition coefficient (Wildman–Crippen LogP) is 1.63. The summed E-state index contributed by atoms with van der Waals surface area (Å²) < 4.78 is 21.6. The van der Waals surface area contributed by atoms with Crippen LogP contribution in [0.2, 0.25) is 0 Å². The highest BCUT2D eigenvalue weighted by atomic mass is 32.2. The van der Waals surface area contributed by atoms with Crippen molar-refractivity contribution in [3.63, 3.8) is 0 Å². The summed E-state index contributed by atoms with van der Waals surface area (Å²) in [5.41, 5.74) is 6.97. The van der Waals surface area contributed by atoms with E-state index in [0.717, 1.165) is 4.31 Å². The van der Waals surface area contributed by atoms with Crippen LogP contribution in [-0.4, -0.2) is 96.0 Å². The molecule has 2 aliphatic rings. The van der Waals surface area contributed by atoms with E-state index in [1.54, 1.807) is 41.4 Å². The molecule has 3 N–H and O–H groups in total. The second-order valence-corrected chi connectivity index (χ2v) is 9.71. The van der Waals surface area contributed by atoms with Crippen LogP contribution < -0.4 is 5.73 Å². The molecule has 196 valence electrons. The van der Waals surface area contributed by atoms with Crippen LogP contribution in [0.5, 0.6) is 0 Å². The average Bonchev–Trinajstić information content (AvgIpc) is 2.92. The van der Waals surface area contributed by atoms with Gasteiger partial charge in [0.1, 0.15) is 0 Å². The summed E-state index contributed by atoms with van der Waals surface area (Å²) in [5.74, 6) is -0.241. The lowest BCUT2D eigenvalue weighted by Crippen LogP contribution is -2.58. The lowest BCUT2D eigenvalue weighted by Gasteiger charge is -2.44. The molecule has 1 aromatic heterocycles. The second kappa shape index (κ2) is 12.2. The number of benzene rings is 1. The van der Waals surface area contributed by atoms with E-state index in [1.165, 1.54) is 6.08 Å². The van der Waals surface area contributed by atoms with Crippen molar-refractivity contribution in [3.05, 3.63) is 71.6 Å². The maximum atomic E-state index is 13.0. The molecule has 0 aliphatic carbocycles. The van der Waals surface area contributed by atoms with Crippen molar-refractivity contribution in [2.45, 2.75) is 18.9 Å². The molecule has 2 saturated heterocycles. The minimum absolute atomic E-state index is 0.0797. The lowest BCUT2D eigenvalue weighted by atomic mass is 10.1. The molecule has 0 radical (unpaired) electrons. The van der Waals surface area contributed by atoms with Gasteiger partial charge in [-0.25, -0.2) is 23.3 Å². The van der Waals surface area contributed by atoms with Crippen LogP contribution in [0.15, 0.2) is 54.7 Å². The standard InChI is InChI=1S/C25H30N6O5S/c26-25(34)31(37(35)36)22-10-13-29(14-11-22)30-17-15-28(16-18-30)24(33)20-6-4-19(5-7-20)23(32)9-8-21-3-1-2-12-27-21/h1-9,12,22H,10-11,13-18H2,(H2,26,34)(H,35,36). The van der Waals surface area contributed by atoms with Gasteiger partial charge in [-0.1, -0.05) is 18.2 Å². The predicted molar refractivity (Wildman–Crippen MR) is 138 cm³/mol. The molecule has 0 bridgehead atoms. The number of hydrogen-bond acceptors (Lipinski definition) is 7. The molecule has 4 rings (SSSR count). The minimum Gasteiger partial charge on any atom is -0.351 e. The molecule has 2 aliphatic heterocycles. The van der Waals surface area contributed by atoms with Crippen LogP contribution in [0.4, 0.5) is 4.79 Å². The number of rotatable bonds is 7. The number of allylic oxidation sites excluding steroid dienone is 1. The van der Waals surface area contributed by atoms with Crippen molar-refractivity contribution < 1.29 is 23.1 Å². The minimum atomic E-state index is -2.43. The van der Waals surface area contributed by atoms with Gasteiger partial charge in [-0.05, 0) is 49.3 Å². The molecule has 2 aromatic rings. The van der Waals surface area contributed by atoms with Gasteiger partial charge in [0.2, 0.25) is 0 Å². The second-order valence-electron chi connectivity index (χ2n) is 8.85. The Morgan fingerprint density at radius 2 is 1.57 bits per heavy atom. The zero-order valence-electron chi connectivity index (χ0n) is 20.3. The lowest BCUT2D eigenvalue weighted by molar-refractivity contribution is -0.0701. The highest BCUT2D eigenvalue weighted by Crippen LogP contribution is 2.20. The number of aromatic nitrogens is 1. The fourth-order valence-corrected chi connectivity index (χ4v) is 5.25. The van der Waals surface area contributed by atoms with Gasteiger partial charge in [-0.15, -0.1) is 0 Å². The number of carbonyl (C=O) groups is 3.